The molecule has 0 saturated carbocycles. The Bertz CT molecular complexity index is 797. The van der Waals surface area contributed by atoms with Crippen molar-refractivity contribution in [3.05, 3.63) is 77.4 Å². The highest BCUT2D eigenvalue weighted by Crippen LogP contribution is 2.18. The Hall–Kier alpha value is -2.66. The zero-order chi connectivity index (χ0) is 18.2. The van der Waals surface area contributed by atoms with E-state index in [1.165, 1.54) is 11.1 Å². The van der Waals surface area contributed by atoms with E-state index in [1.807, 2.05) is 24.3 Å². The summed E-state index contributed by atoms with van der Waals surface area (Å²) in [5.41, 5.74) is 3.57. The van der Waals surface area contributed by atoms with Crippen molar-refractivity contribution < 1.29 is 4.52 Å². The molecule has 0 aliphatic heterocycles. The molecule has 0 radical (unpaired) electrons. The third kappa shape index (κ3) is 4.92. The fraction of sp³-hybridized carbons (Fsp3) is 0.333. The minimum atomic E-state index is 0.525. The summed E-state index contributed by atoms with van der Waals surface area (Å²) < 4.78 is 5.39. The minimum Gasteiger partial charge on any atom is -0.376 e. The maximum absolute atomic E-state index is 5.39. The molecule has 136 valence electrons. The molecule has 5 heteroatoms. The Morgan fingerprint density at radius 3 is 2.46 bits per heavy atom. The maximum atomic E-state index is 5.39. The molecule has 5 nitrogen and oxygen atoms in total. The molecule has 0 amide bonds. The highest BCUT2D eigenvalue weighted by molar-refractivity contribution is 5.51. The van der Waals surface area contributed by atoms with Gasteiger partial charge in [-0.15, -0.1) is 0 Å². The van der Waals surface area contributed by atoms with Crippen LogP contribution in [0, 0.1) is 0 Å². The van der Waals surface area contributed by atoms with Gasteiger partial charge in [-0.2, -0.15) is 4.98 Å². The molecule has 3 aromatic rings. The molecule has 0 aliphatic carbocycles. The zero-order valence-electron chi connectivity index (χ0n) is 15.5. The van der Waals surface area contributed by atoms with Crippen LogP contribution in [-0.2, 0) is 19.5 Å². The Morgan fingerprint density at radius 2 is 1.69 bits per heavy atom. The van der Waals surface area contributed by atoms with Crippen LogP contribution in [0.4, 0.5) is 5.69 Å². The first-order valence-corrected chi connectivity index (χ1v) is 9.18. The van der Waals surface area contributed by atoms with Crippen LogP contribution in [0.1, 0.15) is 36.7 Å². The van der Waals surface area contributed by atoms with E-state index in [0.29, 0.717) is 24.7 Å². The summed E-state index contributed by atoms with van der Waals surface area (Å²) in [6, 6.07) is 18.6. The maximum Gasteiger partial charge on any atom is 0.245 e. The average molecular weight is 350 g/mol. The lowest BCUT2D eigenvalue weighted by Crippen LogP contribution is -2.22. The molecule has 0 spiro atoms. The van der Waals surface area contributed by atoms with Crippen LogP contribution in [0.3, 0.4) is 0 Å². The molecule has 1 heterocycles. The highest BCUT2D eigenvalue weighted by Gasteiger charge is 2.09. The van der Waals surface area contributed by atoms with Gasteiger partial charge in [-0.25, -0.2) is 0 Å². The molecule has 0 saturated heterocycles. The van der Waals surface area contributed by atoms with Crippen molar-refractivity contribution in [2.24, 2.45) is 0 Å². The van der Waals surface area contributed by atoms with E-state index >= 15 is 0 Å². The summed E-state index contributed by atoms with van der Waals surface area (Å²) in [4.78, 5) is 6.89. The first-order valence-electron chi connectivity index (χ1n) is 9.18. The summed E-state index contributed by atoms with van der Waals surface area (Å²) >= 11 is 0. The van der Waals surface area contributed by atoms with Crippen LogP contribution in [0.15, 0.2) is 59.1 Å². The summed E-state index contributed by atoms with van der Waals surface area (Å²) in [6.07, 6.45) is 0.683. The number of benzene rings is 2. The molecule has 0 fully saturated rings. The Labute approximate surface area is 155 Å². The largest absolute Gasteiger partial charge is 0.376 e. The van der Waals surface area contributed by atoms with Crippen molar-refractivity contribution in [2.75, 3.05) is 18.4 Å². The molecule has 0 aliphatic rings. The minimum absolute atomic E-state index is 0.525. The van der Waals surface area contributed by atoms with Crippen molar-refractivity contribution in [1.29, 1.82) is 0 Å². The second-order valence-corrected chi connectivity index (χ2v) is 6.24. The van der Waals surface area contributed by atoms with E-state index in [4.69, 9.17) is 4.52 Å². The SMILES string of the molecule is CCN(CC)Cc1ccccc1NCc1nc(Cc2ccccc2)no1. The molecule has 3 rings (SSSR count). The highest BCUT2D eigenvalue weighted by atomic mass is 16.5. The smallest absolute Gasteiger partial charge is 0.245 e. The lowest BCUT2D eigenvalue weighted by atomic mass is 10.1. The molecule has 0 unspecified atom stereocenters. The number of nitrogens with one attached hydrogen (secondary N) is 1. The van der Waals surface area contributed by atoms with E-state index in [0.717, 1.165) is 25.3 Å². The van der Waals surface area contributed by atoms with Gasteiger partial charge < -0.3 is 9.84 Å². The van der Waals surface area contributed by atoms with Crippen LogP contribution in [0.2, 0.25) is 0 Å². The van der Waals surface area contributed by atoms with Crippen molar-refractivity contribution >= 4 is 5.69 Å². The normalized spacial score (nSPS) is 11.0. The predicted octanol–water partition coefficient (Wildman–Crippen LogP) is 4.11. The number of anilines is 1. The summed E-state index contributed by atoms with van der Waals surface area (Å²) in [6.45, 7) is 7.91. The molecular weight excluding hydrogens is 324 g/mol. The summed E-state index contributed by atoms with van der Waals surface area (Å²) in [5.74, 6) is 1.32. The van der Waals surface area contributed by atoms with E-state index in [-0.39, 0.29) is 0 Å². The lowest BCUT2D eigenvalue weighted by Gasteiger charge is -2.20. The van der Waals surface area contributed by atoms with Gasteiger partial charge in [0.15, 0.2) is 5.82 Å². The third-order valence-electron chi connectivity index (χ3n) is 4.45. The molecule has 2 aromatic carbocycles. The van der Waals surface area contributed by atoms with Crippen LogP contribution in [0.5, 0.6) is 0 Å². The number of rotatable bonds is 9. The second kappa shape index (κ2) is 9.15. The zero-order valence-corrected chi connectivity index (χ0v) is 15.5. The number of aromatic nitrogens is 2. The average Bonchev–Trinajstić information content (AvgIpc) is 3.13. The number of hydrogen-bond donors (Lipinski definition) is 1. The number of hydrogen-bond acceptors (Lipinski definition) is 5. The Kier molecular flexibility index (Phi) is 6.39. The second-order valence-electron chi connectivity index (χ2n) is 6.24. The van der Waals surface area contributed by atoms with Gasteiger partial charge in [0.1, 0.15) is 0 Å². The van der Waals surface area contributed by atoms with Crippen LogP contribution >= 0.6 is 0 Å². The molecule has 0 bridgehead atoms. The van der Waals surface area contributed by atoms with Crippen molar-refractivity contribution in [2.45, 2.75) is 33.4 Å². The topological polar surface area (TPSA) is 54.2 Å². The fourth-order valence-corrected chi connectivity index (χ4v) is 2.90. The van der Waals surface area contributed by atoms with Crippen molar-refractivity contribution in [3.8, 4) is 0 Å². The van der Waals surface area contributed by atoms with Crippen molar-refractivity contribution in [3.63, 3.8) is 0 Å². The number of para-hydroxylation sites is 1. The van der Waals surface area contributed by atoms with Gasteiger partial charge in [0.05, 0.1) is 6.54 Å². The Morgan fingerprint density at radius 1 is 0.962 bits per heavy atom. The van der Waals surface area contributed by atoms with Gasteiger partial charge in [0, 0.05) is 18.7 Å². The van der Waals surface area contributed by atoms with Gasteiger partial charge >= 0.3 is 0 Å². The van der Waals surface area contributed by atoms with Gasteiger partial charge in [-0.1, -0.05) is 67.5 Å². The van der Waals surface area contributed by atoms with Gasteiger partial charge in [-0.05, 0) is 30.3 Å². The summed E-state index contributed by atoms with van der Waals surface area (Å²) in [5, 5.41) is 7.52. The van der Waals surface area contributed by atoms with Gasteiger partial charge in [0.2, 0.25) is 5.89 Å². The van der Waals surface area contributed by atoms with Gasteiger partial charge in [-0.3, -0.25) is 4.90 Å². The standard InChI is InChI=1S/C21H26N4O/c1-3-25(4-2)16-18-12-8-9-13-19(18)22-15-21-23-20(24-26-21)14-17-10-6-5-7-11-17/h5-13,22H,3-4,14-16H2,1-2H3. The quantitative estimate of drug-likeness (QED) is 0.629. The lowest BCUT2D eigenvalue weighted by molar-refractivity contribution is 0.296. The molecule has 1 N–H and O–H groups in total. The predicted molar refractivity (Wildman–Crippen MR) is 104 cm³/mol. The van der Waals surface area contributed by atoms with Crippen LogP contribution < -0.4 is 5.32 Å². The van der Waals surface area contributed by atoms with Crippen molar-refractivity contribution in [1.82, 2.24) is 15.0 Å². The van der Waals surface area contributed by atoms with E-state index in [1.54, 1.807) is 0 Å². The van der Waals surface area contributed by atoms with E-state index in [2.05, 4.69) is 64.5 Å². The molecule has 0 atom stereocenters. The Balaban J connectivity index is 1.61. The fourth-order valence-electron chi connectivity index (χ4n) is 2.90. The third-order valence-corrected chi connectivity index (χ3v) is 4.45. The van der Waals surface area contributed by atoms with Crippen LogP contribution in [0.25, 0.3) is 0 Å². The summed E-state index contributed by atoms with van der Waals surface area (Å²) in [7, 11) is 0. The van der Waals surface area contributed by atoms with Gasteiger partial charge in [0.25, 0.3) is 0 Å². The first-order chi connectivity index (χ1) is 12.8. The first kappa shape index (κ1) is 18.1. The monoisotopic (exact) mass is 350 g/mol. The molecule has 1 aromatic heterocycles. The molecular formula is C21H26N4O. The number of nitrogens with zero attached hydrogens (tertiary/aromatic N) is 3. The van der Waals surface area contributed by atoms with E-state index in [9.17, 15) is 0 Å². The van der Waals surface area contributed by atoms with E-state index < -0.39 is 0 Å². The molecule has 26 heavy (non-hydrogen) atoms. The van der Waals surface area contributed by atoms with Crippen LogP contribution in [-0.4, -0.2) is 28.1 Å².